The van der Waals surface area contributed by atoms with E-state index < -0.39 is 15.8 Å². The minimum atomic E-state index is -3.77. The van der Waals surface area contributed by atoms with E-state index in [9.17, 15) is 12.8 Å². The molecular weight excluding hydrogens is 259 g/mol. The van der Waals surface area contributed by atoms with Crippen LogP contribution in [0.4, 0.5) is 10.1 Å². The Hall–Kier alpha value is -1.18. The van der Waals surface area contributed by atoms with Crippen molar-refractivity contribution in [1.29, 1.82) is 0 Å². The first-order valence-corrected chi connectivity index (χ1v) is 7.01. The molecule has 1 unspecified atom stereocenters. The topological polar surface area (TPSA) is 81.4 Å². The van der Waals surface area contributed by atoms with Gasteiger partial charge in [-0.05, 0) is 32.0 Å². The fourth-order valence-corrected chi connectivity index (χ4v) is 2.57. The molecule has 1 rings (SSSR count). The van der Waals surface area contributed by atoms with Gasteiger partial charge in [-0.15, -0.1) is 0 Å². The van der Waals surface area contributed by atoms with Crippen molar-refractivity contribution in [2.24, 2.45) is 0 Å². The molecule has 102 valence electrons. The summed E-state index contributed by atoms with van der Waals surface area (Å²) in [6.07, 6.45) is -0.254. The van der Waals surface area contributed by atoms with E-state index in [1.807, 2.05) is 6.92 Å². The summed E-state index contributed by atoms with van der Waals surface area (Å²) in [6.45, 7) is 4.17. The number of hydrogen-bond donors (Lipinski definition) is 2. The van der Waals surface area contributed by atoms with Crippen molar-refractivity contribution in [1.82, 2.24) is 4.72 Å². The van der Waals surface area contributed by atoms with Crippen molar-refractivity contribution in [3.05, 3.63) is 24.0 Å². The zero-order valence-corrected chi connectivity index (χ0v) is 11.1. The van der Waals surface area contributed by atoms with Crippen LogP contribution in [0.25, 0.3) is 0 Å². The molecule has 0 spiro atoms. The van der Waals surface area contributed by atoms with Crippen LogP contribution < -0.4 is 10.5 Å². The first kappa shape index (κ1) is 14.9. The molecule has 0 radical (unpaired) electrons. The SMILES string of the molecule is CCOC(C)CNS(=O)(=O)c1cc(N)cc(F)c1. The lowest BCUT2D eigenvalue weighted by atomic mass is 10.3. The molecule has 5 nitrogen and oxygen atoms in total. The van der Waals surface area contributed by atoms with Gasteiger partial charge < -0.3 is 10.5 Å². The molecule has 0 fully saturated rings. The standard InChI is InChI=1S/C11H17FN2O3S/c1-3-17-8(2)7-14-18(15,16)11-5-9(12)4-10(13)6-11/h4-6,8,14H,3,7,13H2,1-2H3. The minimum Gasteiger partial charge on any atom is -0.399 e. The Labute approximate surface area is 106 Å². The van der Waals surface area contributed by atoms with Gasteiger partial charge in [-0.2, -0.15) is 0 Å². The van der Waals surface area contributed by atoms with Crippen molar-refractivity contribution < 1.29 is 17.5 Å². The molecule has 18 heavy (non-hydrogen) atoms. The molecule has 0 saturated heterocycles. The first-order chi connectivity index (χ1) is 8.35. The van der Waals surface area contributed by atoms with Crippen LogP contribution in [0.3, 0.4) is 0 Å². The fourth-order valence-electron chi connectivity index (χ4n) is 1.39. The van der Waals surface area contributed by atoms with Gasteiger partial charge in [-0.25, -0.2) is 17.5 Å². The molecule has 0 aliphatic rings. The number of benzene rings is 1. The van der Waals surface area contributed by atoms with Gasteiger partial charge in [0.2, 0.25) is 10.0 Å². The van der Waals surface area contributed by atoms with Gasteiger partial charge in [-0.1, -0.05) is 0 Å². The highest BCUT2D eigenvalue weighted by molar-refractivity contribution is 7.89. The zero-order valence-electron chi connectivity index (χ0n) is 10.3. The van der Waals surface area contributed by atoms with Gasteiger partial charge in [0.15, 0.2) is 0 Å². The van der Waals surface area contributed by atoms with E-state index in [2.05, 4.69) is 4.72 Å². The number of anilines is 1. The van der Waals surface area contributed by atoms with Crippen LogP contribution in [0.2, 0.25) is 0 Å². The summed E-state index contributed by atoms with van der Waals surface area (Å²) in [7, 11) is -3.77. The number of hydrogen-bond acceptors (Lipinski definition) is 4. The van der Waals surface area contributed by atoms with Gasteiger partial charge in [0.05, 0.1) is 11.0 Å². The van der Waals surface area contributed by atoms with Crippen LogP contribution in [0, 0.1) is 5.82 Å². The van der Waals surface area contributed by atoms with Crippen LogP contribution in [0.5, 0.6) is 0 Å². The minimum absolute atomic E-state index is 0.0632. The highest BCUT2D eigenvalue weighted by Gasteiger charge is 2.16. The molecule has 0 bridgehead atoms. The van der Waals surface area contributed by atoms with Crippen LogP contribution in [-0.4, -0.2) is 27.7 Å². The monoisotopic (exact) mass is 276 g/mol. The van der Waals surface area contributed by atoms with E-state index in [1.54, 1.807) is 6.92 Å². The maximum atomic E-state index is 13.1. The van der Waals surface area contributed by atoms with Crippen LogP contribution in [0.15, 0.2) is 23.1 Å². The Morgan fingerprint density at radius 1 is 1.44 bits per heavy atom. The quantitative estimate of drug-likeness (QED) is 0.763. The van der Waals surface area contributed by atoms with Gasteiger partial charge in [-0.3, -0.25) is 0 Å². The van der Waals surface area contributed by atoms with Gasteiger partial charge in [0.1, 0.15) is 5.82 Å². The third-order valence-electron chi connectivity index (χ3n) is 2.22. The molecule has 0 aliphatic carbocycles. The van der Waals surface area contributed by atoms with Crippen molar-refractivity contribution in [3.8, 4) is 0 Å². The Morgan fingerprint density at radius 3 is 2.67 bits per heavy atom. The van der Waals surface area contributed by atoms with Crippen molar-refractivity contribution in [2.75, 3.05) is 18.9 Å². The molecular formula is C11H17FN2O3S. The Kier molecular flexibility index (Phi) is 5.06. The number of rotatable bonds is 6. The van der Waals surface area contributed by atoms with Gasteiger partial charge in [0, 0.05) is 18.8 Å². The smallest absolute Gasteiger partial charge is 0.240 e. The van der Waals surface area contributed by atoms with E-state index in [0.717, 1.165) is 12.1 Å². The highest BCUT2D eigenvalue weighted by Crippen LogP contribution is 2.15. The molecule has 0 saturated carbocycles. The third kappa shape index (κ3) is 4.25. The molecule has 1 atom stereocenters. The van der Waals surface area contributed by atoms with E-state index in [4.69, 9.17) is 10.5 Å². The summed E-state index contributed by atoms with van der Waals surface area (Å²) >= 11 is 0. The Bertz CT molecular complexity index is 485. The summed E-state index contributed by atoms with van der Waals surface area (Å²) in [5.74, 6) is -0.687. The fraction of sp³-hybridized carbons (Fsp3) is 0.455. The molecule has 0 aliphatic heterocycles. The highest BCUT2D eigenvalue weighted by atomic mass is 32.2. The number of nitrogens with one attached hydrogen (secondary N) is 1. The van der Waals surface area contributed by atoms with Crippen LogP contribution in [-0.2, 0) is 14.8 Å². The lowest BCUT2D eigenvalue weighted by molar-refractivity contribution is 0.0799. The second-order valence-corrected chi connectivity index (χ2v) is 5.61. The molecule has 0 amide bonds. The number of nitrogens with two attached hydrogens (primary N) is 1. The largest absolute Gasteiger partial charge is 0.399 e. The lowest BCUT2D eigenvalue weighted by Gasteiger charge is -2.13. The zero-order chi connectivity index (χ0) is 13.8. The van der Waals surface area contributed by atoms with Crippen molar-refractivity contribution >= 4 is 15.7 Å². The Morgan fingerprint density at radius 2 is 2.11 bits per heavy atom. The normalized spacial score (nSPS) is 13.5. The maximum Gasteiger partial charge on any atom is 0.240 e. The molecule has 3 N–H and O–H groups in total. The van der Waals surface area contributed by atoms with Crippen molar-refractivity contribution in [2.45, 2.75) is 24.8 Å². The summed E-state index contributed by atoms with van der Waals surface area (Å²) in [5, 5.41) is 0. The number of nitrogen functional groups attached to an aromatic ring is 1. The average molecular weight is 276 g/mol. The van der Waals surface area contributed by atoms with Crippen molar-refractivity contribution in [3.63, 3.8) is 0 Å². The molecule has 1 aromatic carbocycles. The maximum absolute atomic E-state index is 13.1. The van der Waals surface area contributed by atoms with E-state index in [0.29, 0.717) is 6.61 Å². The van der Waals surface area contributed by atoms with E-state index >= 15 is 0 Å². The molecule has 0 heterocycles. The molecule has 7 heteroatoms. The second kappa shape index (κ2) is 6.12. The second-order valence-electron chi connectivity index (χ2n) is 3.84. The summed E-state index contributed by atoms with van der Waals surface area (Å²) in [4.78, 5) is -0.191. The van der Waals surface area contributed by atoms with Gasteiger partial charge in [0.25, 0.3) is 0 Å². The summed E-state index contributed by atoms with van der Waals surface area (Å²) < 4.78 is 44.3. The average Bonchev–Trinajstić information content (AvgIpc) is 2.26. The predicted molar refractivity (Wildman–Crippen MR) is 67.1 cm³/mol. The third-order valence-corrected chi connectivity index (χ3v) is 3.62. The summed E-state index contributed by atoms with van der Waals surface area (Å²) in [6, 6.07) is 3.18. The first-order valence-electron chi connectivity index (χ1n) is 5.52. The lowest BCUT2D eigenvalue weighted by Crippen LogP contribution is -2.32. The number of sulfonamides is 1. The predicted octanol–water partition coefficient (Wildman–Crippen LogP) is 1.11. The molecule has 1 aromatic rings. The number of halogens is 1. The molecule has 0 aromatic heterocycles. The van der Waals surface area contributed by atoms with Gasteiger partial charge >= 0.3 is 0 Å². The van der Waals surface area contributed by atoms with E-state index in [1.165, 1.54) is 6.07 Å². The van der Waals surface area contributed by atoms with E-state index in [-0.39, 0.29) is 23.2 Å². The number of ether oxygens (including phenoxy) is 1. The van der Waals surface area contributed by atoms with Crippen LogP contribution >= 0.6 is 0 Å². The van der Waals surface area contributed by atoms with Crippen LogP contribution in [0.1, 0.15) is 13.8 Å². The Balaban J connectivity index is 2.80. The summed E-state index contributed by atoms with van der Waals surface area (Å²) in [5.41, 5.74) is 5.47.